The van der Waals surface area contributed by atoms with Crippen LogP contribution >= 0.6 is 7.60 Å². The van der Waals surface area contributed by atoms with Crippen LogP contribution in [0.1, 0.15) is 12.8 Å². The van der Waals surface area contributed by atoms with Crippen LogP contribution in [0.2, 0.25) is 0 Å². The monoisotopic (exact) mass is 351 g/mol. The van der Waals surface area contributed by atoms with E-state index >= 15 is 0 Å². The molecule has 0 heterocycles. The molecule has 0 radical (unpaired) electrons. The summed E-state index contributed by atoms with van der Waals surface area (Å²) in [5, 5.41) is 11.1. The Hall–Kier alpha value is -1.94. The van der Waals surface area contributed by atoms with E-state index in [0.717, 1.165) is 12.2 Å². The first-order valence-corrected chi connectivity index (χ1v) is 8.38. The highest BCUT2D eigenvalue weighted by atomic mass is 31.2. The number of carboxylic acids is 1. The van der Waals surface area contributed by atoms with E-state index in [-0.39, 0.29) is 18.9 Å². The molecule has 0 aliphatic rings. The van der Waals surface area contributed by atoms with Gasteiger partial charge in [0.2, 0.25) is 5.91 Å². The number of carboxylic acid groups (broad SMARTS) is 1. The lowest BCUT2D eigenvalue weighted by atomic mass is 10.1. The van der Waals surface area contributed by atoms with Gasteiger partial charge in [-0.3, -0.25) is 14.4 Å². The molecule has 1 amide bonds. The van der Waals surface area contributed by atoms with Crippen LogP contribution in [-0.4, -0.2) is 57.5 Å². The molecule has 0 aromatic carbocycles. The third-order valence-corrected chi connectivity index (χ3v) is 3.23. The Balaban J connectivity index is 4.46. The van der Waals surface area contributed by atoms with E-state index in [9.17, 15) is 14.2 Å². The quantitative estimate of drug-likeness (QED) is 0.0737. The number of rotatable bonds is 10. The molecule has 0 bridgehead atoms. The highest BCUT2D eigenvalue weighted by Gasteiger charge is 2.21. The predicted octanol–water partition coefficient (Wildman–Crippen LogP) is -2.33. The van der Waals surface area contributed by atoms with Gasteiger partial charge in [-0.1, -0.05) is 12.2 Å². The first kappa shape index (κ1) is 21.1. The molecular weight excluding hydrogens is 329 g/mol. The number of nitrogens with one attached hydrogen (secondary N) is 1. The minimum Gasteiger partial charge on any atom is -0.479 e. The summed E-state index contributed by atoms with van der Waals surface area (Å²) in [4.78, 5) is 43.8. The third kappa shape index (κ3) is 11.3. The number of carbonyl (C=O) groups is 2. The van der Waals surface area contributed by atoms with E-state index in [2.05, 4.69) is 10.3 Å². The van der Waals surface area contributed by atoms with E-state index in [1.807, 2.05) is 0 Å². The molecule has 2 atom stereocenters. The van der Waals surface area contributed by atoms with Crippen LogP contribution < -0.4 is 22.5 Å². The Morgan fingerprint density at radius 2 is 1.91 bits per heavy atom. The van der Waals surface area contributed by atoms with Crippen molar-refractivity contribution in [1.29, 1.82) is 0 Å². The van der Waals surface area contributed by atoms with Gasteiger partial charge in [0.25, 0.3) is 0 Å². The van der Waals surface area contributed by atoms with Crippen molar-refractivity contribution in [2.24, 2.45) is 22.2 Å². The zero-order valence-electron chi connectivity index (χ0n) is 12.3. The minimum absolute atomic E-state index is 0.0795. The van der Waals surface area contributed by atoms with Crippen molar-refractivity contribution in [2.45, 2.75) is 24.9 Å². The maximum Gasteiger partial charge on any atom is 0.330 e. The van der Waals surface area contributed by atoms with Gasteiger partial charge in [0, 0.05) is 6.54 Å². The topological polar surface area (TPSA) is 214 Å². The number of hydrogen-bond donors (Lipinski definition) is 7. The molecule has 0 saturated heterocycles. The smallest absolute Gasteiger partial charge is 0.330 e. The highest BCUT2D eigenvalue weighted by Crippen LogP contribution is 2.33. The molecule has 0 fully saturated rings. The molecule has 0 aliphatic carbocycles. The average molecular weight is 351 g/mol. The molecule has 0 aromatic heterocycles. The molecular formula is C11H22N5O6P. The number of guanidine groups is 1. The van der Waals surface area contributed by atoms with Crippen LogP contribution in [0, 0.1) is 0 Å². The van der Waals surface area contributed by atoms with Crippen LogP contribution in [0.15, 0.2) is 17.1 Å². The highest BCUT2D eigenvalue weighted by molar-refractivity contribution is 7.51. The third-order valence-electron chi connectivity index (χ3n) is 2.54. The van der Waals surface area contributed by atoms with Crippen LogP contribution in [0.5, 0.6) is 0 Å². The van der Waals surface area contributed by atoms with Crippen molar-refractivity contribution in [3.63, 3.8) is 0 Å². The largest absolute Gasteiger partial charge is 0.479 e. The Morgan fingerprint density at radius 3 is 2.39 bits per heavy atom. The number of amides is 1. The first-order valence-electron chi connectivity index (χ1n) is 6.58. The summed E-state index contributed by atoms with van der Waals surface area (Å²) in [5.74, 6) is -2.17. The number of nitrogens with zero attached hydrogens (tertiary/aromatic N) is 1. The van der Waals surface area contributed by atoms with Gasteiger partial charge in [-0.25, -0.2) is 4.79 Å². The van der Waals surface area contributed by atoms with E-state index in [0.29, 0.717) is 6.42 Å². The number of nitrogens with two attached hydrogens (primary N) is 3. The summed E-state index contributed by atoms with van der Waals surface area (Å²) in [7, 11) is -4.28. The van der Waals surface area contributed by atoms with E-state index in [1.54, 1.807) is 0 Å². The molecule has 0 spiro atoms. The molecule has 0 aliphatic heterocycles. The maximum atomic E-state index is 11.8. The van der Waals surface area contributed by atoms with Crippen molar-refractivity contribution in [3.05, 3.63) is 12.2 Å². The van der Waals surface area contributed by atoms with Crippen LogP contribution in [0.4, 0.5) is 0 Å². The Bertz CT molecular complexity index is 513. The van der Waals surface area contributed by atoms with Crippen molar-refractivity contribution in [1.82, 2.24) is 5.32 Å². The van der Waals surface area contributed by atoms with Gasteiger partial charge < -0.3 is 37.4 Å². The van der Waals surface area contributed by atoms with E-state index in [4.69, 9.17) is 32.1 Å². The minimum atomic E-state index is -4.28. The van der Waals surface area contributed by atoms with Crippen molar-refractivity contribution >= 4 is 25.4 Å². The van der Waals surface area contributed by atoms with E-state index in [1.165, 1.54) is 0 Å². The average Bonchev–Trinajstić information content (AvgIpc) is 2.40. The molecule has 0 rings (SSSR count). The summed E-state index contributed by atoms with van der Waals surface area (Å²) in [6.45, 7) is 0.286. The number of hydrogen-bond acceptors (Lipinski definition) is 5. The summed E-state index contributed by atoms with van der Waals surface area (Å²) in [6.07, 6.45) is 2.01. The molecule has 12 heteroatoms. The number of aliphatic imine (C=N–C) groups is 1. The van der Waals surface area contributed by atoms with Gasteiger partial charge >= 0.3 is 13.6 Å². The van der Waals surface area contributed by atoms with E-state index < -0.39 is 37.7 Å². The maximum absolute atomic E-state index is 11.8. The molecule has 11 nitrogen and oxygen atoms in total. The molecule has 23 heavy (non-hydrogen) atoms. The van der Waals surface area contributed by atoms with Gasteiger partial charge in [-0.15, -0.1) is 0 Å². The van der Waals surface area contributed by atoms with Crippen molar-refractivity contribution < 1.29 is 29.0 Å². The summed E-state index contributed by atoms with van der Waals surface area (Å²) in [5.41, 5.74) is 15.9. The molecule has 132 valence electrons. The molecule has 0 saturated carbocycles. The summed E-state index contributed by atoms with van der Waals surface area (Å²) >= 11 is 0. The van der Waals surface area contributed by atoms with Gasteiger partial charge in [0.15, 0.2) is 5.96 Å². The Morgan fingerprint density at radius 1 is 1.30 bits per heavy atom. The number of aliphatic carboxylic acids is 1. The summed E-state index contributed by atoms with van der Waals surface area (Å²) in [6, 6.07) is -2.39. The standard InChI is InChI=1S/C11H22N5O6P/c12-7(3-1-5-15-11(13)14)9(17)16-8(10(18)19)4-2-6-23(20,21)22/h2,4,7-8H,1,3,5-6,12H2,(H,16,17)(H,18,19)(H4,13,14,15)(H2,20,21,22)/b4-2+. The Labute approximate surface area is 132 Å². The lowest BCUT2D eigenvalue weighted by Gasteiger charge is -2.15. The second kappa shape index (κ2) is 9.95. The summed E-state index contributed by atoms with van der Waals surface area (Å²) < 4.78 is 10.7. The zero-order valence-corrected chi connectivity index (χ0v) is 13.2. The molecule has 10 N–H and O–H groups in total. The zero-order chi connectivity index (χ0) is 18.0. The lowest BCUT2D eigenvalue weighted by molar-refractivity contribution is -0.140. The van der Waals surface area contributed by atoms with Crippen molar-refractivity contribution in [2.75, 3.05) is 12.7 Å². The number of allylic oxidation sites excluding steroid dienone is 1. The molecule has 0 aromatic rings. The van der Waals surface area contributed by atoms with Crippen LogP contribution in [0.25, 0.3) is 0 Å². The second-order valence-electron chi connectivity index (χ2n) is 4.66. The fourth-order valence-corrected chi connectivity index (χ4v) is 1.83. The second-order valence-corrected chi connectivity index (χ2v) is 6.35. The first-order chi connectivity index (χ1) is 10.5. The van der Waals surface area contributed by atoms with Gasteiger partial charge in [0.1, 0.15) is 6.04 Å². The fraction of sp³-hybridized carbons (Fsp3) is 0.545. The van der Waals surface area contributed by atoms with Crippen molar-refractivity contribution in [3.8, 4) is 0 Å². The molecule has 2 unspecified atom stereocenters. The number of carbonyl (C=O) groups excluding carboxylic acids is 1. The van der Waals surface area contributed by atoms with Crippen LogP contribution in [0.3, 0.4) is 0 Å². The SMILES string of the molecule is NC(N)=NCCCC(N)C(=O)NC(/C=C/CP(=O)(O)O)C(=O)O. The normalized spacial score (nSPS) is 14.2. The lowest BCUT2D eigenvalue weighted by Crippen LogP contribution is -2.47. The Kier molecular flexibility index (Phi) is 9.11. The van der Waals surface area contributed by atoms with Gasteiger partial charge in [-0.05, 0) is 12.8 Å². The fourth-order valence-electron chi connectivity index (χ4n) is 1.44. The van der Waals surface area contributed by atoms with Crippen LogP contribution in [-0.2, 0) is 14.2 Å². The predicted molar refractivity (Wildman–Crippen MR) is 83.5 cm³/mol. The van der Waals surface area contributed by atoms with Gasteiger partial charge in [-0.2, -0.15) is 0 Å². The van der Waals surface area contributed by atoms with Gasteiger partial charge in [0.05, 0.1) is 12.2 Å².